The Kier molecular flexibility index (Phi) is 10.8. The standard InChI is InChI=1S/C43H50N2O4.CH2O2/c1-6-48-34-12-8-11-33(24-34)41-44-37-25-31(30-10-7-13-35(23-30)49-26-40(46)47)15-18-38(37)45(41)27-42(4)20-9-21-43(5)36-17-14-29(28(2)3)22-32(36)16-19-39(42)43;2-1-3/h7-8,10-15,17-18,22-25,28,39,41,44H,6,9,16,19-21,26-27H2,1-5H3,(H,46,47);1H,(H,2,3). The minimum atomic E-state index is -0.989. The van der Waals surface area contributed by atoms with Crippen LogP contribution in [0.15, 0.2) is 84.9 Å². The van der Waals surface area contributed by atoms with Crippen molar-refractivity contribution in [3.8, 4) is 22.6 Å². The summed E-state index contributed by atoms with van der Waals surface area (Å²) in [4.78, 5) is 22.1. The molecular formula is C44H52N2O6. The summed E-state index contributed by atoms with van der Waals surface area (Å²) < 4.78 is 11.5. The highest BCUT2D eigenvalue weighted by Crippen LogP contribution is 2.59. The molecule has 0 bridgehead atoms. The number of aliphatic carboxylic acids is 1. The van der Waals surface area contributed by atoms with Gasteiger partial charge in [-0.15, -0.1) is 0 Å². The first-order valence-electron chi connectivity index (χ1n) is 18.6. The van der Waals surface area contributed by atoms with Gasteiger partial charge in [-0.3, -0.25) is 4.79 Å². The minimum Gasteiger partial charge on any atom is -0.494 e. The molecule has 0 amide bonds. The van der Waals surface area contributed by atoms with Crippen molar-refractivity contribution in [3.05, 3.63) is 107 Å². The van der Waals surface area contributed by atoms with Gasteiger partial charge in [-0.25, -0.2) is 4.79 Å². The van der Waals surface area contributed by atoms with E-state index in [1.54, 1.807) is 17.2 Å². The molecule has 1 aliphatic heterocycles. The Bertz CT molecular complexity index is 1910. The fourth-order valence-corrected chi connectivity index (χ4v) is 9.32. The van der Waals surface area contributed by atoms with Crippen LogP contribution in [0.5, 0.6) is 11.5 Å². The zero-order valence-electron chi connectivity index (χ0n) is 31.0. The summed E-state index contributed by atoms with van der Waals surface area (Å²) in [5.74, 6) is 1.57. The number of hydrogen-bond donors (Lipinski definition) is 3. The molecule has 8 heteroatoms. The summed E-state index contributed by atoms with van der Waals surface area (Å²) in [5, 5.41) is 19.9. The lowest BCUT2D eigenvalue weighted by Gasteiger charge is -2.57. The first-order chi connectivity index (χ1) is 25.0. The molecular weight excluding hydrogens is 652 g/mol. The van der Waals surface area contributed by atoms with E-state index in [0.29, 0.717) is 24.2 Å². The van der Waals surface area contributed by atoms with Gasteiger partial charge in [0.15, 0.2) is 6.61 Å². The second kappa shape index (κ2) is 15.3. The molecule has 4 aromatic carbocycles. The van der Waals surface area contributed by atoms with Crippen molar-refractivity contribution in [1.29, 1.82) is 0 Å². The van der Waals surface area contributed by atoms with Gasteiger partial charge >= 0.3 is 5.97 Å². The van der Waals surface area contributed by atoms with Gasteiger partial charge < -0.3 is 29.9 Å². The normalized spacial score (nSPS) is 22.9. The van der Waals surface area contributed by atoms with E-state index in [2.05, 4.69) is 92.5 Å². The molecule has 1 fully saturated rings. The number of rotatable bonds is 10. The summed E-state index contributed by atoms with van der Waals surface area (Å²) in [5.41, 5.74) is 10.4. The molecule has 2 aliphatic carbocycles. The number of fused-ring (bicyclic) bond motifs is 4. The zero-order valence-corrected chi connectivity index (χ0v) is 31.0. The fraction of sp³-hybridized carbons (Fsp3) is 0.409. The molecule has 0 spiro atoms. The molecule has 8 nitrogen and oxygen atoms in total. The quantitative estimate of drug-likeness (QED) is 0.140. The van der Waals surface area contributed by atoms with Crippen LogP contribution in [0.2, 0.25) is 0 Å². The van der Waals surface area contributed by atoms with Crippen LogP contribution in [0.25, 0.3) is 11.1 Å². The number of nitrogens with zero attached hydrogens (tertiary/aromatic N) is 1. The maximum absolute atomic E-state index is 11.1. The van der Waals surface area contributed by atoms with E-state index in [0.717, 1.165) is 35.5 Å². The van der Waals surface area contributed by atoms with Gasteiger partial charge in [0.2, 0.25) is 0 Å². The topological polar surface area (TPSA) is 108 Å². The van der Waals surface area contributed by atoms with Crippen LogP contribution in [0.1, 0.15) is 94.6 Å². The highest BCUT2D eigenvalue weighted by atomic mass is 16.5. The van der Waals surface area contributed by atoms with Gasteiger partial charge in [0.25, 0.3) is 6.47 Å². The lowest BCUT2D eigenvalue weighted by Crippen LogP contribution is -2.53. The van der Waals surface area contributed by atoms with Gasteiger partial charge in [-0.05, 0) is 125 Å². The summed E-state index contributed by atoms with van der Waals surface area (Å²) in [6.07, 6.45) is 6.02. The van der Waals surface area contributed by atoms with E-state index < -0.39 is 5.97 Å². The maximum Gasteiger partial charge on any atom is 0.341 e. The van der Waals surface area contributed by atoms with Crippen molar-refractivity contribution in [2.24, 2.45) is 11.3 Å². The monoisotopic (exact) mass is 704 g/mol. The molecule has 4 atom stereocenters. The summed E-state index contributed by atoms with van der Waals surface area (Å²) in [7, 11) is 0. The van der Waals surface area contributed by atoms with Crippen LogP contribution in [0.4, 0.5) is 11.4 Å². The molecule has 0 aromatic heterocycles. The SMILES string of the molecule is CCOc1cccc(C2Nc3cc(-c4cccc(OCC(=O)O)c4)ccc3N2CC2(C)CCCC3(C)c4ccc(C(C)C)cc4CCC23)c1.O=CO. The second-order valence-corrected chi connectivity index (χ2v) is 15.3. The van der Waals surface area contributed by atoms with E-state index in [4.69, 9.17) is 24.5 Å². The first-order valence-corrected chi connectivity index (χ1v) is 18.6. The van der Waals surface area contributed by atoms with Crippen LogP contribution in [-0.2, 0) is 21.4 Å². The van der Waals surface area contributed by atoms with Crippen LogP contribution in [0.3, 0.4) is 0 Å². The zero-order chi connectivity index (χ0) is 37.0. The highest BCUT2D eigenvalue weighted by Gasteiger charge is 2.53. The Balaban J connectivity index is 0.00000150. The minimum absolute atomic E-state index is 0.0367. The number of carbonyl (C=O) groups is 2. The lowest BCUT2D eigenvalue weighted by molar-refractivity contribution is -0.139. The number of anilines is 2. The van der Waals surface area contributed by atoms with Crippen LogP contribution < -0.4 is 19.7 Å². The number of benzene rings is 4. The highest BCUT2D eigenvalue weighted by molar-refractivity contribution is 5.83. The van der Waals surface area contributed by atoms with E-state index >= 15 is 0 Å². The van der Waals surface area contributed by atoms with E-state index in [9.17, 15) is 4.79 Å². The molecule has 1 heterocycles. The Morgan fingerprint density at radius 2 is 1.69 bits per heavy atom. The number of ether oxygens (including phenoxy) is 2. The number of aryl methyl sites for hydroxylation is 1. The molecule has 4 aromatic rings. The molecule has 4 unspecified atom stereocenters. The van der Waals surface area contributed by atoms with Crippen molar-refractivity contribution < 1.29 is 29.3 Å². The summed E-state index contributed by atoms with van der Waals surface area (Å²) in [6.45, 7) is 12.7. The predicted octanol–water partition coefficient (Wildman–Crippen LogP) is 9.68. The number of carboxylic acid groups (broad SMARTS) is 2. The fourth-order valence-electron chi connectivity index (χ4n) is 9.32. The third-order valence-corrected chi connectivity index (χ3v) is 11.6. The van der Waals surface area contributed by atoms with Crippen LogP contribution in [0, 0.1) is 11.3 Å². The lowest BCUT2D eigenvalue weighted by atomic mass is 9.49. The Morgan fingerprint density at radius 3 is 2.42 bits per heavy atom. The largest absolute Gasteiger partial charge is 0.494 e. The number of hydrogen-bond acceptors (Lipinski definition) is 6. The van der Waals surface area contributed by atoms with Crippen molar-refractivity contribution in [2.75, 3.05) is 30.0 Å². The summed E-state index contributed by atoms with van der Waals surface area (Å²) in [6, 6.07) is 30.2. The molecule has 0 saturated heterocycles. The molecule has 3 aliphatic rings. The van der Waals surface area contributed by atoms with Gasteiger partial charge in [-0.1, -0.05) is 82.6 Å². The van der Waals surface area contributed by atoms with Gasteiger partial charge in [0.05, 0.1) is 18.0 Å². The Morgan fingerprint density at radius 1 is 0.962 bits per heavy atom. The molecule has 3 N–H and O–H groups in total. The van der Waals surface area contributed by atoms with Gasteiger partial charge in [-0.2, -0.15) is 0 Å². The van der Waals surface area contributed by atoms with Crippen molar-refractivity contribution in [2.45, 2.75) is 84.2 Å². The summed E-state index contributed by atoms with van der Waals surface area (Å²) >= 11 is 0. The molecule has 1 saturated carbocycles. The van der Waals surface area contributed by atoms with E-state index in [-0.39, 0.29) is 30.1 Å². The van der Waals surface area contributed by atoms with Crippen LogP contribution in [-0.4, -0.2) is 42.4 Å². The Labute approximate surface area is 307 Å². The molecule has 7 rings (SSSR count). The van der Waals surface area contributed by atoms with Gasteiger partial charge in [0, 0.05) is 6.54 Å². The smallest absolute Gasteiger partial charge is 0.341 e. The second-order valence-electron chi connectivity index (χ2n) is 15.3. The average Bonchev–Trinajstić information content (AvgIpc) is 3.48. The van der Waals surface area contributed by atoms with Crippen molar-refractivity contribution in [3.63, 3.8) is 0 Å². The maximum atomic E-state index is 11.1. The third-order valence-electron chi connectivity index (χ3n) is 11.6. The molecule has 0 radical (unpaired) electrons. The molecule has 274 valence electrons. The van der Waals surface area contributed by atoms with Gasteiger partial charge in [0.1, 0.15) is 17.7 Å². The first kappa shape index (κ1) is 36.8. The molecule has 52 heavy (non-hydrogen) atoms. The Hall–Kier alpha value is -4.98. The van der Waals surface area contributed by atoms with E-state index in [1.807, 2.05) is 31.2 Å². The third kappa shape index (κ3) is 7.34. The number of carboxylic acids is 1. The van der Waals surface area contributed by atoms with Crippen molar-refractivity contribution >= 4 is 23.8 Å². The van der Waals surface area contributed by atoms with Crippen molar-refractivity contribution in [1.82, 2.24) is 0 Å². The van der Waals surface area contributed by atoms with E-state index in [1.165, 1.54) is 42.5 Å². The average molecular weight is 705 g/mol. The van der Waals surface area contributed by atoms with Crippen LogP contribution >= 0.6 is 0 Å². The number of nitrogens with one attached hydrogen (secondary N) is 1. The predicted molar refractivity (Wildman–Crippen MR) is 207 cm³/mol.